The minimum Gasteiger partial charge on any atom is -0.354 e. The summed E-state index contributed by atoms with van der Waals surface area (Å²) in [4.78, 5) is 0. The summed E-state index contributed by atoms with van der Waals surface area (Å²) in [6.45, 7) is 0. The molecule has 0 unspecified atom stereocenters. The number of benzene rings is 2. The number of hydrogen-bond donors (Lipinski definition) is 1. The smallest absolute Gasteiger partial charge is 0.103 e. The number of para-hydroxylation sites is 1. The van der Waals surface area contributed by atoms with E-state index in [1.165, 1.54) is 0 Å². The molecule has 0 saturated heterocycles. The van der Waals surface area contributed by atoms with Gasteiger partial charge in [0.25, 0.3) is 0 Å². The van der Waals surface area contributed by atoms with Gasteiger partial charge in [-0.3, -0.25) is 0 Å². The van der Waals surface area contributed by atoms with Gasteiger partial charge in [-0.25, -0.2) is 0 Å². The molecule has 0 aliphatic heterocycles. The lowest BCUT2D eigenvalue weighted by Gasteiger charge is -2.10. The summed E-state index contributed by atoms with van der Waals surface area (Å²) >= 11 is 8.21. The van der Waals surface area contributed by atoms with Gasteiger partial charge in [0.2, 0.25) is 0 Å². The Morgan fingerprint density at radius 1 is 1.06 bits per heavy atom. The van der Waals surface area contributed by atoms with E-state index in [0.717, 1.165) is 14.9 Å². The van der Waals surface area contributed by atoms with Gasteiger partial charge in [0.1, 0.15) is 6.07 Å². The highest BCUT2D eigenvalue weighted by Gasteiger charge is 2.07. The van der Waals surface area contributed by atoms with E-state index in [-0.39, 0.29) is 0 Å². The first-order valence-corrected chi connectivity index (χ1v) is 6.38. The van der Waals surface area contributed by atoms with Gasteiger partial charge in [-0.05, 0) is 46.9 Å². The van der Waals surface area contributed by atoms with Crippen molar-refractivity contribution in [3.63, 3.8) is 0 Å². The summed E-state index contributed by atoms with van der Waals surface area (Å²) in [7, 11) is 0. The van der Waals surface area contributed by atoms with Crippen LogP contribution >= 0.6 is 34.2 Å². The maximum Gasteiger partial charge on any atom is 0.103 e. The fourth-order valence-electron chi connectivity index (χ4n) is 1.45. The Bertz CT molecular complexity index is 590. The largest absolute Gasteiger partial charge is 0.354 e. The fraction of sp³-hybridized carbons (Fsp3) is 0. The van der Waals surface area contributed by atoms with Crippen LogP contribution in [-0.4, -0.2) is 0 Å². The molecular weight excluding hydrogens is 347 g/mol. The van der Waals surface area contributed by atoms with Gasteiger partial charge in [0, 0.05) is 3.57 Å². The fourth-order valence-corrected chi connectivity index (χ4v) is 2.19. The molecule has 84 valence electrons. The van der Waals surface area contributed by atoms with Gasteiger partial charge >= 0.3 is 0 Å². The maximum absolute atomic E-state index is 9.07. The molecule has 4 heteroatoms. The van der Waals surface area contributed by atoms with E-state index in [2.05, 4.69) is 34.0 Å². The standard InChI is InChI=1S/C13H8ClIN2/c14-10-4-3-7-12(9(10)8-16)17-13-6-2-1-5-11(13)15/h1-7,17H. The highest BCUT2D eigenvalue weighted by atomic mass is 127. The molecule has 17 heavy (non-hydrogen) atoms. The monoisotopic (exact) mass is 354 g/mol. The molecular formula is C13H8ClIN2. The Labute approximate surface area is 118 Å². The molecule has 0 atom stereocenters. The molecule has 0 bridgehead atoms. The number of rotatable bonds is 2. The zero-order valence-corrected chi connectivity index (χ0v) is 11.7. The third kappa shape index (κ3) is 2.71. The second-order valence-electron chi connectivity index (χ2n) is 3.38. The molecule has 0 aromatic heterocycles. The lowest BCUT2D eigenvalue weighted by atomic mass is 10.2. The van der Waals surface area contributed by atoms with Crippen LogP contribution < -0.4 is 5.32 Å². The predicted octanol–water partition coefficient (Wildman–Crippen LogP) is 4.56. The third-order valence-corrected chi connectivity index (χ3v) is 3.52. The summed E-state index contributed by atoms with van der Waals surface area (Å²) in [6, 6.07) is 15.4. The van der Waals surface area contributed by atoms with Crippen molar-refractivity contribution in [2.75, 3.05) is 5.32 Å². The van der Waals surface area contributed by atoms with Gasteiger partial charge in [0.15, 0.2) is 0 Å². The quantitative estimate of drug-likeness (QED) is 0.803. The molecule has 0 amide bonds. The van der Waals surface area contributed by atoms with E-state index in [4.69, 9.17) is 16.9 Å². The molecule has 0 heterocycles. The average molecular weight is 355 g/mol. The van der Waals surface area contributed by atoms with Crippen molar-refractivity contribution >= 4 is 45.6 Å². The van der Waals surface area contributed by atoms with E-state index in [0.29, 0.717) is 10.6 Å². The van der Waals surface area contributed by atoms with Crippen LogP contribution in [0.15, 0.2) is 42.5 Å². The molecule has 2 aromatic rings. The number of halogens is 2. The number of nitrogens with zero attached hydrogens (tertiary/aromatic N) is 1. The van der Waals surface area contributed by atoms with Crippen LogP contribution in [0.5, 0.6) is 0 Å². The first-order valence-electron chi connectivity index (χ1n) is 4.92. The van der Waals surface area contributed by atoms with Crippen molar-refractivity contribution in [1.29, 1.82) is 5.26 Å². The second kappa shape index (κ2) is 5.39. The maximum atomic E-state index is 9.07. The van der Waals surface area contributed by atoms with Crippen molar-refractivity contribution in [1.82, 2.24) is 0 Å². The first kappa shape index (κ1) is 12.2. The second-order valence-corrected chi connectivity index (χ2v) is 4.95. The Kier molecular flexibility index (Phi) is 3.87. The molecule has 2 nitrogen and oxygen atoms in total. The van der Waals surface area contributed by atoms with Crippen molar-refractivity contribution in [3.8, 4) is 6.07 Å². The van der Waals surface area contributed by atoms with Crippen molar-refractivity contribution in [2.24, 2.45) is 0 Å². The summed E-state index contributed by atoms with van der Waals surface area (Å²) < 4.78 is 1.09. The topological polar surface area (TPSA) is 35.8 Å². The van der Waals surface area contributed by atoms with E-state index >= 15 is 0 Å². The van der Waals surface area contributed by atoms with E-state index in [1.54, 1.807) is 6.07 Å². The molecule has 0 aliphatic carbocycles. The Morgan fingerprint density at radius 3 is 2.47 bits per heavy atom. The molecule has 0 spiro atoms. The molecule has 0 radical (unpaired) electrons. The van der Waals surface area contributed by atoms with E-state index in [9.17, 15) is 0 Å². The van der Waals surface area contributed by atoms with Crippen LogP contribution in [0.2, 0.25) is 5.02 Å². The Balaban J connectivity index is 2.41. The summed E-state index contributed by atoms with van der Waals surface area (Å²) in [6.07, 6.45) is 0. The first-order chi connectivity index (χ1) is 8.22. The lowest BCUT2D eigenvalue weighted by molar-refractivity contribution is 1.45. The Hall–Kier alpha value is -1.25. The molecule has 0 aliphatic rings. The van der Waals surface area contributed by atoms with Gasteiger partial charge < -0.3 is 5.32 Å². The molecule has 2 rings (SSSR count). The summed E-state index contributed by atoms with van der Waals surface area (Å²) in [5, 5.41) is 12.7. The van der Waals surface area contributed by atoms with Gasteiger partial charge in [-0.1, -0.05) is 29.8 Å². The normalized spacial score (nSPS) is 9.71. The predicted molar refractivity (Wildman–Crippen MR) is 78.6 cm³/mol. The van der Waals surface area contributed by atoms with E-state index in [1.807, 2.05) is 36.4 Å². The third-order valence-electron chi connectivity index (χ3n) is 2.27. The van der Waals surface area contributed by atoms with Crippen molar-refractivity contribution in [2.45, 2.75) is 0 Å². The lowest BCUT2D eigenvalue weighted by Crippen LogP contribution is -1.95. The van der Waals surface area contributed by atoms with Gasteiger partial charge in [-0.2, -0.15) is 5.26 Å². The zero-order chi connectivity index (χ0) is 12.3. The SMILES string of the molecule is N#Cc1c(Cl)cccc1Nc1ccccc1I. The van der Waals surface area contributed by atoms with Crippen LogP contribution in [0.3, 0.4) is 0 Å². The molecule has 0 fully saturated rings. The Morgan fingerprint density at radius 2 is 1.76 bits per heavy atom. The minimum absolute atomic E-state index is 0.462. The molecule has 0 saturated carbocycles. The van der Waals surface area contributed by atoms with Crippen molar-refractivity contribution in [3.05, 3.63) is 56.6 Å². The summed E-state index contributed by atoms with van der Waals surface area (Å²) in [5.74, 6) is 0. The zero-order valence-electron chi connectivity index (χ0n) is 8.74. The molecule has 1 N–H and O–H groups in total. The van der Waals surface area contributed by atoms with Crippen LogP contribution in [-0.2, 0) is 0 Å². The number of hydrogen-bond acceptors (Lipinski definition) is 2. The van der Waals surface area contributed by atoms with Crippen LogP contribution in [0.4, 0.5) is 11.4 Å². The highest BCUT2D eigenvalue weighted by Crippen LogP contribution is 2.28. The number of nitrogens with one attached hydrogen (secondary N) is 1. The number of anilines is 2. The van der Waals surface area contributed by atoms with Crippen LogP contribution in [0, 0.1) is 14.9 Å². The summed E-state index contributed by atoms with van der Waals surface area (Å²) in [5.41, 5.74) is 2.16. The van der Waals surface area contributed by atoms with E-state index < -0.39 is 0 Å². The van der Waals surface area contributed by atoms with Gasteiger partial charge in [0.05, 0.1) is 22.0 Å². The highest BCUT2D eigenvalue weighted by molar-refractivity contribution is 14.1. The molecule has 2 aromatic carbocycles. The van der Waals surface area contributed by atoms with Crippen molar-refractivity contribution < 1.29 is 0 Å². The van der Waals surface area contributed by atoms with Crippen LogP contribution in [0.1, 0.15) is 5.56 Å². The number of nitriles is 1. The van der Waals surface area contributed by atoms with Gasteiger partial charge in [-0.15, -0.1) is 0 Å². The van der Waals surface area contributed by atoms with Crippen LogP contribution in [0.25, 0.3) is 0 Å². The average Bonchev–Trinajstić information content (AvgIpc) is 2.32. The minimum atomic E-state index is 0.462.